The van der Waals surface area contributed by atoms with E-state index in [4.69, 9.17) is 5.26 Å². The van der Waals surface area contributed by atoms with Crippen LogP contribution in [0.25, 0.3) is 22.3 Å². The molecule has 18 heavy (non-hydrogen) atoms. The Kier molecular flexibility index (Phi) is 2.54. The molecular formula is C15H11N3. The van der Waals surface area contributed by atoms with Gasteiger partial charge < -0.3 is 4.98 Å². The van der Waals surface area contributed by atoms with Crippen LogP contribution < -0.4 is 0 Å². The minimum absolute atomic E-state index is 0.373. The Bertz CT molecular complexity index is 720. The number of fused-ring (bicyclic) bond motifs is 1. The van der Waals surface area contributed by atoms with Crippen LogP contribution in [0.4, 0.5) is 0 Å². The van der Waals surface area contributed by atoms with Crippen LogP contribution in [0.5, 0.6) is 0 Å². The third-order valence-electron chi connectivity index (χ3n) is 2.93. The van der Waals surface area contributed by atoms with Gasteiger partial charge in [-0.05, 0) is 17.7 Å². The molecule has 3 heteroatoms. The zero-order chi connectivity index (χ0) is 12.4. The van der Waals surface area contributed by atoms with Crippen molar-refractivity contribution in [3.8, 4) is 17.3 Å². The molecule has 2 aromatic heterocycles. The minimum Gasteiger partial charge on any atom is -0.346 e. The number of nitrogens with one attached hydrogen (secondary N) is 1. The highest BCUT2D eigenvalue weighted by atomic mass is 14.9. The van der Waals surface area contributed by atoms with Gasteiger partial charge in [0, 0.05) is 17.1 Å². The van der Waals surface area contributed by atoms with Gasteiger partial charge in [-0.3, -0.25) is 0 Å². The van der Waals surface area contributed by atoms with Gasteiger partial charge in [0.25, 0.3) is 0 Å². The second-order valence-corrected chi connectivity index (χ2v) is 4.11. The predicted octanol–water partition coefficient (Wildman–Crippen LogP) is 3.30. The number of nitriles is 1. The summed E-state index contributed by atoms with van der Waals surface area (Å²) in [6.07, 6.45) is 2.24. The lowest BCUT2D eigenvalue weighted by atomic mass is 10.0. The number of rotatable bonds is 2. The van der Waals surface area contributed by atoms with Gasteiger partial charge in [0.2, 0.25) is 0 Å². The highest BCUT2D eigenvalue weighted by molar-refractivity contribution is 5.81. The van der Waals surface area contributed by atoms with E-state index in [9.17, 15) is 0 Å². The third kappa shape index (κ3) is 1.74. The van der Waals surface area contributed by atoms with E-state index in [0.29, 0.717) is 6.42 Å². The van der Waals surface area contributed by atoms with Gasteiger partial charge in [0.05, 0.1) is 18.2 Å². The fourth-order valence-corrected chi connectivity index (χ4v) is 2.09. The van der Waals surface area contributed by atoms with Gasteiger partial charge in [-0.2, -0.15) is 5.26 Å². The summed E-state index contributed by atoms with van der Waals surface area (Å²) in [6, 6.07) is 16.2. The number of hydrogen-bond donors (Lipinski definition) is 1. The average molecular weight is 233 g/mol. The van der Waals surface area contributed by atoms with Gasteiger partial charge in [-0.25, -0.2) is 4.98 Å². The molecule has 1 aromatic carbocycles. The maximum atomic E-state index is 8.93. The lowest BCUT2D eigenvalue weighted by molar-refractivity contribution is 1.21. The van der Waals surface area contributed by atoms with E-state index in [1.54, 1.807) is 0 Å². The molecular weight excluding hydrogens is 222 g/mol. The van der Waals surface area contributed by atoms with Gasteiger partial charge in [0.1, 0.15) is 5.65 Å². The van der Waals surface area contributed by atoms with E-state index >= 15 is 0 Å². The Morgan fingerprint density at radius 3 is 2.78 bits per heavy atom. The standard InChI is InChI=1S/C15H11N3/c16-8-6-12-10-13-7-9-17-15(13)18-14(12)11-4-2-1-3-5-11/h1-5,7,9-10H,6H2,(H,17,18). The van der Waals surface area contributed by atoms with E-state index in [2.05, 4.69) is 16.0 Å². The maximum absolute atomic E-state index is 8.93. The van der Waals surface area contributed by atoms with Crippen molar-refractivity contribution in [3.05, 3.63) is 54.2 Å². The topological polar surface area (TPSA) is 52.5 Å². The molecule has 0 saturated carbocycles. The summed E-state index contributed by atoms with van der Waals surface area (Å²) < 4.78 is 0. The fourth-order valence-electron chi connectivity index (χ4n) is 2.09. The monoisotopic (exact) mass is 233 g/mol. The quantitative estimate of drug-likeness (QED) is 0.738. The summed E-state index contributed by atoms with van der Waals surface area (Å²) in [5.74, 6) is 0. The van der Waals surface area contributed by atoms with Crippen LogP contribution in [-0.4, -0.2) is 9.97 Å². The predicted molar refractivity (Wildman–Crippen MR) is 70.8 cm³/mol. The average Bonchev–Trinajstić information content (AvgIpc) is 2.86. The van der Waals surface area contributed by atoms with Crippen molar-refractivity contribution in [1.82, 2.24) is 9.97 Å². The van der Waals surface area contributed by atoms with Crippen LogP contribution in [0.1, 0.15) is 5.56 Å². The van der Waals surface area contributed by atoms with Crippen LogP contribution in [0.15, 0.2) is 48.7 Å². The molecule has 0 bridgehead atoms. The van der Waals surface area contributed by atoms with E-state index in [1.165, 1.54) is 0 Å². The van der Waals surface area contributed by atoms with Crippen molar-refractivity contribution in [2.75, 3.05) is 0 Å². The van der Waals surface area contributed by atoms with Crippen LogP contribution in [-0.2, 0) is 6.42 Å². The smallest absolute Gasteiger partial charge is 0.137 e. The van der Waals surface area contributed by atoms with Gasteiger partial charge in [-0.15, -0.1) is 0 Å². The summed E-state index contributed by atoms with van der Waals surface area (Å²) in [7, 11) is 0. The zero-order valence-corrected chi connectivity index (χ0v) is 9.72. The molecule has 0 atom stereocenters. The molecule has 0 saturated heterocycles. The number of nitrogens with zero attached hydrogens (tertiary/aromatic N) is 2. The Balaban J connectivity index is 2.25. The Morgan fingerprint density at radius 2 is 2.00 bits per heavy atom. The number of benzene rings is 1. The SMILES string of the molecule is N#CCc1cc2cc[nH]c2nc1-c1ccccc1. The molecule has 0 amide bonds. The molecule has 3 nitrogen and oxygen atoms in total. The number of hydrogen-bond acceptors (Lipinski definition) is 2. The van der Waals surface area contributed by atoms with Crippen molar-refractivity contribution < 1.29 is 0 Å². The molecule has 86 valence electrons. The number of H-pyrrole nitrogens is 1. The molecule has 0 unspecified atom stereocenters. The molecule has 2 heterocycles. The molecule has 0 aliphatic heterocycles. The van der Waals surface area contributed by atoms with Crippen LogP contribution in [0.3, 0.4) is 0 Å². The molecule has 0 aliphatic rings. The molecule has 1 N–H and O–H groups in total. The molecule has 3 rings (SSSR count). The molecule has 3 aromatic rings. The van der Waals surface area contributed by atoms with Crippen molar-refractivity contribution in [2.24, 2.45) is 0 Å². The second-order valence-electron chi connectivity index (χ2n) is 4.11. The molecule has 0 spiro atoms. The van der Waals surface area contributed by atoms with Gasteiger partial charge in [0.15, 0.2) is 0 Å². The first-order chi connectivity index (χ1) is 8.88. The van der Waals surface area contributed by atoms with E-state index < -0.39 is 0 Å². The summed E-state index contributed by atoms with van der Waals surface area (Å²) in [5, 5.41) is 9.97. The Labute approximate surface area is 105 Å². The van der Waals surface area contributed by atoms with Crippen LogP contribution in [0, 0.1) is 11.3 Å². The third-order valence-corrected chi connectivity index (χ3v) is 2.93. The van der Waals surface area contributed by atoms with Crippen molar-refractivity contribution >= 4 is 11.0 Å². The van der Waals surface area contributed by atoms with E-state index in [0.717, 1.165) is 27.9 Å². The molecule has 0 radical (unpaired) electrons. The van der Waals surface area contributed by atoms with Crippen molar-refractivity contribution in [1.29, 1.82) is 5.26 Å². The van der Waals surface area contributed by atoms with Crippen LogP contribution >= 0.6 is 0 Å². The highest BCUT2D eigenvalue weighted by Crippen LogP contribution is 2.25. The zero-order valence-electron chi connectivity index (χ0n) is 9.72. The van der Waals surface area contributed by atoms with Gasteiger partial charge >= 0.3 is 0 Å². The summed E-state index contributed by atoms with van der Waals surface area (Å²) >= 11 is 0. The summed E-state index contributed by atoms with van der Waals surface area (Å²) in [6.45, 7) is 0. The number of pyridine rings is 1. The van der Waals surface area contributed by atoms with Gasteiger partial charge in [-0.1, -0.05) is 30.3 Å². The number of aromatic nitrogens is 2. The number of aromatic amines is 1. The van der Waals surface area contributed by atoms with Crippen molar-refractivity contribution in [3.63, 3.8) is 0 Å². The lowest BCUT2D eigenvalue weighted by Gasteiger charge is -2.06. The van der Waals surface area contributed by atoms with Crippen molar-refractivity contribution in [2.45, 2.75) is 6.42 Å². The Hall–Kier alpha value is -2.60. The Morgan fingerprint density at radius 1 is 1.17 bits per heavy atom. The summed E-state index contributed by atoms with van der Waals surface area (Å²) in [4.78, 5) is 7.72. The maximum Gasteiger partial charge on any atom is 0.137 e. The second kappa shape index (κ2) is 4.34. The minimum atomic E-state index is 0.373. The van der Waals surface area contributed by atoms with E-state index in [1.807, 2.05) is 48.7 Å². The largest absolute Gasteiger partial charge is 0.346 e. The highest BCUT2D eigenvalue weighted by Gasteiger charge is 2.09. The fraction of sp³-hybridized carbons (Fsp3) is 0.0667. The first kappa shape index (κ1) is 10.5. The lowest BCUT2D eigenvalue weighted by Crippen LogP contribution is -1.93. The summed E-state index contributed by atoms with van der Waals surface area (Å²) in [5.41, 5.74) is 3.75. The van der Waals surface area contributed by atoms with E-state index in [-0.39, 0.29) is 0 Å². The normalized spacial score (nSPS) is 10.4. The molecule has 0 fully saturated rings. The molecule has 0 aliphatic carbocycles. The first-order valence-electron chi connectivity index (χ1n) is 5.78. The first-order valence-corrected chi connectivity index (χ1v) is 5.78. The van der Waals surface area contributed by atoms with Crippen LogP contribution in [0.2, 0.25) is 0 Å².